The largest absolute Gasteiger partial charge is 0.368 e. The molecule has 17 heavy (non-hydrogen) atoms. The summed E-state index contributed by atoms with van der Waals surface area (Å²) in [5.41, 5.74) is 0.944. The van der Waals surface area contributed by atoms with Crippen LogP contribution in [0.3, 0.4) is 0 Å². The summed E-state index contributed by atoms with van der Waals surface area (Å²) in [5, 5.41) is 0. The molecule has 0 spiro atoms. The van der Waals surface area contributed by atoms with Gasteiger partial charge in [-0.1, -0.05) is 0 Å². The van der Waals surface area contributed by atoms with Crippen LogP contribution in [0, 0.1) is 6.92 Å². The number of nitrogens with one attached hydrogen (secondary N) is 1. The summed E-state index contributed by atoms with van der Waals surface area (Å²) in [6.07, 6.45) is 1.42. The third-order valence-corrected chi connectivity index (χ3v) is 4.66. The van der Waals surface area contributed by atoms with Crippen LogP contribution in [-0.2, 0) is 14.8 Å². The summed E-state index contributed by atoms with van der Waals surface area (Å²) >= 11 is 0. The zero-order chi connectivity index (χ0) is 12.5. The van der Waals surface area contributed by atoms with Gasteiger partial charge in [-0.15, -0.1) is 0 Å². The maximum Gasteiger partial charge on any atom is 0.214 e. The zero-order valence-electron chi connectivity index (χ0n) is 10.0. The highest BCUT2D eigenvalue weighted by molar-refractivity contribution is 7.89. The molecule has 1 atom stereocenters. The number of H-pyrrole nitrogens is 1. The van der Waals surface area contributed by atoms with Crippen LogP contribution in [0.1, 0.15) is 24.5 Å². The van der Waals surface area contributed by atoms with E-state index in [9.17, 15) is 8.42 Å². The van der Waals surface area contributed by atoms with E-state index in [0.717, 1.165) is 5.69 Å². The van der Waals surface area contributed by atoms with Gasteiger partial charge in [-0.2, -0.15) is 4.31 Å². The maximum absolute atomic E-state index is 11.8. The minimum Gasteiger partial charge on any atom is -0.368 e. The van der Waals surface area contributed by atoms with Crippen molar-refractivity contribution in [1.82, 2.24) is 14.3 Å². The van der Waals surface area contributed by atoms with Crippen LogP contribution in [0.2, 0.25) is 0 Å². The fourth-order valence-corrected chi connectivity index (χ4v) is 2.90. The lowest BCUT2D eigenvalue weighted by Crippen LogP contribution is -2.43. The van der Waals surface area contributed by atoms with Gasteiger partial charge in [0.05, 0.1) is 12.4 Å². The van der Waals surface area contributed by atoms with Gasteiger partial charge in [-0.3, -0.25) is 0 Å². The number of aromatic amines is 1. The standard InChI is InChI=1S/C10H17N3O3S/c1-3-17(14,15)13-4-5-16-9(7-13)10-11-6-8(2)12-10/h6,9H,3-5,7H2,1-2H3,(H,11,12)/t9-/m1/s1. The number of aryl methyl sites for hydroxylation is 1. The van der Waals surface area contributed by atoms with E-state index in [1.165, 1.54) is 4.31 Å². The number of sulfonamides is 1. The molecule has 1 aromatic rings. The van der Waals surface area contributed by atoms with Gasteiger partial charge in [-0.25, -0.2) is 13.4 Å². The van der Waals surface area contributed by atoms with Crippen molar-refractivity contribution < 1.29 is 13.2 Å². The molecule has 1 saturated heterocycles. The van der Waals surface area contributed by atoms with Crippen LogP contribution in [-0.4, -0.2) is 48.1 Å². The number of ether oxygens (including phenoxy) is 1. The van der Waals surface area contributed by atoms with Crippen LogP contribution in [0.15, 0.2) is 6.20 Å². The Kier molecular flexibility index (Phi) is 3.50. The molecule has 2 heterocycles. The predicted octanol–water partition coefficient (Wildman–Crippen LogP) is 0.441. The molecule has 96 valence electrons. The third-order valence-electron chi connectivity index (χ3n) is 2.81. The number of nitrogens with zero attached hydrogens (tertiary/aromatic N) is 2. The molecule has 0 bridgehead atoms. The van der Waals surface area contributed by atoms with E-state index in [-0.39, 0.29) is 11.9 Å². The molecular formula is C10H17N3O3S. The Labute approximate surface area is 101 Å². The lowest BCUT2D eigenvalue weighted by atomic mass is 10.3. The van der Waals surface area contributed by atoms with Crippen molar-refractivity contribution in [1.29, 1.82) is 0 Å². The zero-order valence-corrected chi connectivity index (χ0v) is 10.8. The van der Waals surface area contributed by atoms with E-state index in [0.29, 0.717) is 25.5 Å². The Balaban J connectivity index is 2.13. The van der Waals surface area contributed by atoms with Gasteiger partial charge in [0.25, 0.3) is 0 Å². The maximum atomic E-state index is 11.8. The van der Waals surface area contributed by atoms with E-state index >= 15 is 0 Å². The van der Waals surface area contributed by atoms with Crippen LogP contribution >= 0.6 is 0 Å². The molecule has 0 radical (unpaired) electrons. The number of hydrogen-bond donors (Lipinski definition) is 1. The fraction of sp³-hybridized carbons (Fsp3) is 0.700. The molecule has 6 nitrogen and oxygen atoms in total. The van der Waals surface area contributed by atoms with Gasteiger partial charge < -0.3 is 9.72 Å². The first kappa shape index (κ1) is 12.5. The van der Waals surface area contributed by atoms with Gasteiger partial charge in [0.15, 0.2) is 0 Å². The molecule has 0 saturated carbocycles. The smallest absolute Gasteiger partial charge is 0.214 e. The average Bonchev–Trinajstić information content (AvgIpc) is 2.76. The van der Waals surface area contributed by atoms with E-state index in [4.69, 9.17) is 4.74 Å². The lowest BCUT2D eigenvalue weighted by Gasteiger charge is -2.30. The molecule has 1 aromatic heterocycles. The molecule has 0 aliphatic carbocycles. The highest BCUT2D eigenvalue weighted by atomic mass is 32.2. The molecule has 1 fully saturated rings. The lowest BCUT2D eigenvalue weighted by molar-refractivity contribution is -0.00705. The second-order valence-electron chi connectivity index (χ2n) is 4.07. The Morgan fingerprint density at radius 3 is 3.00 bits per heavy atom. The summed E-state index contributed by atoms with van der Waals surface area (Å²) in [6.45, 7) is 4.72. The third kappa shape index (κ3) is 2.67. The molecule has 7 heteroatoms. The normalized spacial score (nSPS) is 22.8. The van der Waals surface area contributed by atoms with Crippen LogP contribution < -0.4 is 0 Å². The predicted molar refractivity (Wildman–Crippen MR) is 63.1 cm³/mol. The molecular weight excluding hydrogens is 242 g/mol. The van der Waals surface area contributed by atoms with Gasteiger partial charge in [0, 0.05) is 25.0 Å². The number of hydrogen-bond acceptors (Lipinski definition) is 4. The Morgan fingerprint density at radius 2 is 2.41 bits per heavy atom. The first-order valence-electron chi connectivity index (χ1n) is 5.64. The van der Waals surface area contributed by atoms with Crippen molar-refractivity contribution in [3.05, 3.63) is 17.7 Å². The minimum atomic E-state index is -3.14. The summed E-state index contributed by atoms with van der Waals surface area (Å²) in [4.78, 5) is 7.26. The van der Waals surface area contributed by atoms with Gasteiger partial charge in [0.1, 0.15) is 11.9 Å². The molecule has 0 amide bonds. The second-order valence-corrected chi connectivity index (χ2v) is 6.33. The van der Waals surface area contributed by atoms with E-state index in [1.54, 1.807) is 13.1 Å². The van der Waals surface area contributed by atoms with Gasteiger partial charge >= 0.3 is 0 Å². The van der Waals surface area contributed by atoms with E-state index in [2.05, 4.69) is 9.97 Å². The molecule has 0 unspecified atom stereocenters. The van der Waals surface area contributed by atoms with Gasteiger partial charge in [0.2, 0.25) is 10.0 Å². The van der Waals surface area contributed by atoms with E-state index < -0.39 is 10.0 Å². The number of aromatic nitrogens is 2. The SMILES string of the molecule is CCS(=O)(=O)N1CCO[C@@H](c2ncc(C)[nH]2)C1. The highest BCUT2D eigenvalue weighted by Gasteiger charge is 2.30. The fourth-order valence-electron chi connectivity index (χ4n) is 1.82. The van der Waals surface area contributed by atoms with Crippen LogP contribution in [0.5, 0.6) is 0 Å². The highest BCUT2D eigenvalue weighted by Crippen LogP contribution is 2.21. The van der Waals surface area contributed by atoms with Crippen LogP contribution in [0.25, 0.3) is 0 Å². The topological polar surface area (TPSA) is 75.3 Å². The van der Waals surface area contributed by atoms with Crippen molar-refractivity contribution in [2.24, 2.45) is 0 Å². The van der Waals surface area contributed by atoms with Crippen molar-refractivity contribution in [3.63, 3.8) is 0 Å². The Hall–Kier alpha value is -0.920. The molecule has 1 aliphatic rings. The molecule has 1 aliphatic heterocycles. The summed E-state index contributed by atoms with van der Waals surface area (Å²) in [6, 6.07) is 0. The van der Waals surface area contributed by atoms with Crippen molar-refractivity contribution in [2.45, 2.75) is 20.0 Å². The summed E-state index contributed by atoms with van der Waals surface area (Å²) in [5.74, 6) is 0.815. The van der Waals surface area contributed by atoms with Crippen molar-refractivity contribution >= 4 is 10.0 Å². The first-order chi connectivity index (χ1) is 8.03. The average molecular weight is 259 g/mol. The Morgan fingerprint density at radius 1 is 1.65 bits per heavy atom. The second kappa shape index (κ2) is 4.75. The molecule has 0 aromatic carbocycles. The number of morpholine rings is 1. The summed E-state index contributed by atoms with van der Waals surface area (Å²) < 4.78 is 30.6. The monoisotopic (exact) mass is 259 g/mol. The van der Waals surface area contributed by atoms with Crippen LogP contribution in [0.4, 0.5) is 0 Å². The quantitative estimate of drug-likeness (QED) is 0.854. The first-order valence-corrected chi connectivity index (χ1v) is 7.25. The van der Waals surface area contributed by atoms with Crippen molar-refractivity contribution in [3.8, 4) is 0 Å². The molecule has 1 N–H and O–H groups in total. The van der Waals surface area contributed by atoms with Gasteiger partial charge in [-0.05, 0) is 13.8 Å². The van der Waals surface area contributed by atoms with Crippen molar-refractivity contribution in [2.75, 3.05) is 25.4 Å². The Bertz CT molecular complexity index is 483. The number of imidazole rings is 1. The minimum absolute atomic E-state index is 0.122. The number of rotatable bonds is 3. The van der Waals surface area contributed by atoms with E-state index in [1.807, 2.05) is 6.92 Å². The summed E-state index contributed by atoms with van der Waals surface area (Å²) in [7, 11) is -3.14. The molecule has 2 rings (SSSR count).